The lowest BCUT2D eigenvalue weighted by Gasteiger charge is -2.18. The lowest BCUT2D eigenvalue weighted by Crippen LogP contribution is -2.44. The molecular weight excluding hydrogens is 268 g/mol. The first-order valence-corrected chi connectivity index (χ1v) is 7.14. The van der Waals surface area contributed by atoms with Crippen molar-refractivity contribution in [3.63, 3.8) is 0 Å². The van der Waals surface area contributed by atoms with Crippen molar-refractivity contribution in [2.75, 3.05) is 11.9 Å². The van der Waals surface area contributed by atoms with Crippen LogP contribution in [0.5, 0.6) is 0 Å². The van der Waals surface area contributed by atoms with E-state index >= 15 is 0 Å². The normalized spacial score (nSPS) is 12.1. The van der Waals surface area contributed by atoms with Crippen molar-refractivity contribution >= 4 is 17.5 Å². The smallest absolute Gasteiger partial charge is 0.313 e. The highest BCUT2D eigenvalue weighted by molar-refractivity contribution is 6.39. The average Bonchev–Trinajstić information content (AvgIpc) is 2.42. The van der Waals surface area contributed by atoms with Crippen molar-refractivity contribution in [2.45, 2.75) is 40.2 Å². The highest BCUT2D eigenvalue weighted by Gasteiger charge is 2.19. The van der Waals surface area contributed by atoms with E-state index in [1.54, 1.807) is 6.07 Å². The molecule has 0 bridgehead atoms. The fraction of sp³-hybridized carbons (Fsp3) is 0.500. The molecule has 0 aliphatic carbocycles. The molecule has 0 spiro atoms. The summed E-state index contributed by atoms with van der Waals surface area (Å²) in [5.41, 5.74) is 2.60. The SMILES string of the molecule is Cc1cccc(NC(=O)C(=O)NC(CO)CC(C)C)c1C. The maximum absolute atomic E-state index is 11.9. The Balaban J connectivity index is 2.66. The first-order valence-electron chi connectivity index (χ1n) is 7.14. The summed E-state index contributed by atoms with van der Waals surface area (Å²) in [5, 5.41) is 14.4. The first kappa shape index (κ1) is 17.2. The molecule has 2 amide bonds. The van der Waals surface area contributed by atoms with E-state index in [1.807, 2.05) is 39.8 Å². The van der Waals surface area contributed by atoms with E-state index < -0.39 is 17.9 Å². The van der Waals surface area contributed by atoms with Crippen molar-refractivity contribution in [3.05, 3.63) is 29.3 Å². The van der Waals surface area contributed by atoms with Gasteiger partial charge in [-0.15, -0.1) is 0 Å². The van der Waals surface area contributed by atoms with Gasteiger partial charge >= 0.3 is 11.8 Å². The molecule has 116 valence electrons. The summed E-state index contributed by atoms with van der Waals surface area (Å²) in [4.78, 5) is 23.8. The Morgan fingerprint density at radius 1 is 1.19 bits per heavy atom. The number of anilines is 1. The highest BCUT2D eigenvalue weighted by atomic mass is 16.3. The summed E-state index contributed by atoms with van der Waals surface area (Å²) in [5.74, 6) is -1.12. The van der Waals surface area contributed by atoms with Gasteiger partial charge in [-0.3, -0.25) is 9.59 Å². The Kier molecular flexibility index (Phi) is 6.37. The van der Waals surface area contributed by atoms with Crippen molar-refractivity contribution in [2.24, 2.45) is 5.92 Å². The number of hydrogen-bond acceptors (Lipinski definition) is 3. The number of carbonyl (C=O) groups excluding carboxylic acids is 2. The van der Waals surface area contributed by atoms with Crippen molar-refractivity contribution in [3.8, 4) is 0 Å². The molecule has 1 atom stereocenters. The molecule has 1 aromatic carbocycles. The number of aryl methyl sites for hydroxylation is 1. The largest absolute Gasteiger partial charge is 0.394 e. The first-order chi connectivity index (χ1) is 9.85. The number of benzene rings is 1. The summed E-state index contributed by atoms with van der Waals surface area (Å²) in [6, 6.07) is 5.12. The van der Waals surface area contributed by atoms with Crippen LogP contribution in [-0.4, -0.2) is 29.6 Å². The molecule has 1 rings (SSSR count). The second-order valence-corrected chi connectivity index (χ2v) is 5.68. The third-order valence-corrected chi connectivity index (χ3v) is 3.37. The lowest BCUT2D eigenvalue weighted by molar-refractivity contribution is -0.136. The number of hydrogen-bond donors (Lipinski definition) is 3. The Labute approximate surface area is 125 Å². The number of amides is 2. The van der Waals surface area contributed by atoms with Crippen LogP contribution in [0.25, 0.3) is 0 Å². The zero-order valence-corrected chi connectivity index (χ0v) is 13.1. The molecule has 0 aliphatic rings. The van der Waals surface area contributed by atoms with Gasteiger partial charge in [-0.05, 0) is 43.4 Å². The Morgan fingerprint density at radius 3 is 2.43 bits per heavy atom. The topological polar surface area (TPSA) is 78.4 Å². The predicted octanol–water partition coefficient (Wildman–Crippen LogP) is 1.77. The molecule has 0 aliphatic heterocycles. The van der Waals surface area contributed by atoms with E-state index in [4.69, 9.17) is 0 Å². The molecule has 0 saturated carbocycles. The Bertz CT molecular complexity index is 512. The van der Waals surface area contributed by atoms with E-state index in [0.29, 0.717) is 18.0 Å². The number of aliphatic hydroxyl groups excluding tert-OH is 1. The molecule has 21 heavy (non-hydrogen) atoms. The standard InChI is InChI=1S/C16H24N2O3/c1-10(2)8-13(9-19)17-15(20)16(21)18-14-7-5-6-11(3)12(14)4/h5-7,10,13,19H,8-9H2,1-4H3,(H,17,20)(H,18,21). The van der Waals surface area contributed by atoms with Crippen LogP contribution in [0.15, 0.2) is 18.2 Å². The Hall–Kier alpha value is -1.88. The molecule has 0 heterocycles. The van der Waals surface area contributed by atoms with Gasteiger partial charge in [0.2, 0.25) is 0 Å². The fourth-order valence-electron chi connectivity index (χ4n) is 2.06. The van der Waals surface area contributed by atoms with Crippen molar-refractivity contribution < 1.29 is 14.7 Å². The van der Waals surface area contributed by atoms with E-state index in [9.17, 15) is 14.7 Å². The third kappa shape index (κ3) is 5.19. The van der Waals surface area contributed by atoms with Crippen LogP contribution in [0.1, 0.15) is 31.4 Å². The number of carbonyl (C=O) groups is 2. The summed E-state index contributed by atoms with van der Waals surface area (Å²) >= 11 is 0. The van der Waals surface area contributed by atoms with Crippen LogP contribution in [0.2, 0.25) is 0 Å². The van der Waals surface area contributed by atoms with Gasteiger partial charge in [-0.2, -0.15) is 0 Å². The molecule has 1 aromatic rings. The van der Waals surface area contributed by atoms with Crippen LogP contribution < -0.4 is 10.6 Å². The van der Waals surface area contributed by atoms with Crippen LogP contribution >= 0.6 is 0 Å². The molecule has 0 saturated heterocycles. The third-order valence-electron chi connectivity index (χ3n) is 3.37. The van der Waals surface area contributed by atoms with Crippen molar-refractivity contribution in [1.29, 1.82) is 0 Å². The highest BCUT2D eigenvalue weighted by Crippen LogP contribution is 2.17. The fourth-order valence-corrected chi connectivity index (χ4v) is 2.06. The van der Waals surface area contributed by atoms with E-state index in [0.717, 1.165) is 11.1 Å². The quantitative estimate of drug-likeness (QED) is 0.724. The maximum atomic E-state index is 11.9. The molecule has 0 radical (unpaired) electrons. The molecular formula is C16H24N2O3. The van der Waals surface area contributed by atoms with Crippen LogP contribution in [0.4, 0.5) is 5.69 Å². The van der Waals surface area contributed by atoms with Crippen LogP contribution in [-0.2, 0) is 9.59 Å². The molecule has 1 unspecified atom stereocenters. The second-order valence-electron chi connectivity index (χ2n) is 5.68. The van der Waals surface area contributed by atoms with Crippen LogP contribution in [0, 0.1) is 19.8 Å². The van der Waals surface area contributed by atoms with Gasteiger partial charge in [0.05, 0.1) is 12.6 Å². The molecule has 5 heteroatoms. The summed E-state index contributed by atoms with van der Waals surface area (Å²) in [6.07, 6.45) is 0.624. The average molecular weight is 292 g/mol. The van der Waals surface area contributed by atoms with Gasteiger partial charge in [0.25, 0.3) is 0 Å². The minimum Gasteiger partial charge on any atom is -0.394 e. The summed E-state index contributed by atoms with van der Waals surface area (Å²) in [6.45, 7) is 7.63. The molecule has 0 aromatic heterocycles. The summed E-state index contributed by atoms with van der Waals surface area (Å²) < 4.78 is 0. The van der Waals surface area contributed by atoms with E-state index in [-0.39, 0.29) is 6.61 Å². The zero-order valence-electron chi connectivity index (χ0n) is 13.1. The van der Waals surface area contributed by atoms with Gasteiger partial charge in [-0.1, -0.05) is 26.0 Å². The van der Waals surface area contributed by atoms with Gasteiger partial charge in [0.1, 0.15) is 0 Å². The molecule has 0 fully saturated rings. The minimum atomic E-state index is -0.726. The molecule has 5 nitrogen and oxygen atoms in total. The predicted molar refractivity (Wildman–Crippen MR) is 83.0 cm³/mol. The number of rotatable bonds is 5. The van der Waals surface area contributed by atoms with Gasteiger partial charge in [0, 0.05) is 5.69 Å². The van der Waals surface area contributed by atoms with Gasteiger partial charge in [0.15, 0.2) is 0 Å². The Morgan fingerprint density at radius 2 is 1.86 bits per heavy atom. The van der Waals surface area contributed by atoms with E-state index in [1.165, 1.54) is 0 Å². The molecule has 3 N–H and O–H groups in total. The lowest BCUT2D eigenvalue weighted by atomic mass is 10.0. The maximum Gasteiger partial charge on any atom is 0.313 e. The number of nitrogens with one attached hydrogen (secondary N) is 2. The minimum absolute atomic E-state index is 0.180. The van der Waals surface area contributed by atoms with E-state index in [2.05, 4.69) is 10.6 Å². The second kappa shape index (κ2) is 7.78. The number of aliphatic hydroxyl groups is 1. The monoisotopic (exact) mass is 292 g/mol. The van der Waals surface area contributed by atoms with Gasteiger partial charge in [-0.25, -0.2) is 0 Å². The van der Waals surface area contributed by atoms with Crippen LogP contribution in [0.3, 0.4) is 0 Å². The van der Waals surface area contributed by atoms with Gasteiger partial charge < -0.3 is 15.7 Å². The zero-order chi connectivity index (χ0) is 16.0. The summed E-state index contributed by atoms with van der Waals surface area (Å²) in [7, 11) is 0. The van der Waals surface area contributed by atoms with Crippen molar-refractivity contribution in [1.82, 2.24) is 5.32 Å².